The van der Waals surface area contributed by atoms with Crippen LogP contribution in [0, 0.1) is 11.8 Å². The first-order valence-electron chi connectivity index (χ1n) is 6.05. The molecular weight excluding hydrogens is 294 g/mol. The van der Waals surface area contributed by atoms with Gasteiger partial charge in [-0.25, -0.2) is 0 Å². The van der Waals surface area contributed by atoms with Crippen molar-refractivity contribution in [2.24, 2.45) is 22.7 Å². The second-order valence-electron chi connectivity index (χ2n) is 5.01. The fraction of sp³-hybridized carbons (Fsp3) is 0.462. The van der Waals surface area contributed by atoms with Gasteiger partial charge in [0.25, 0.3) is 0 Å². The summed E-state index contributed by atoms with van der Waals surface area (Å²) < 4.78 is 0.850. The molecular formula is C13H18BrN3O. The summed E-state index contributed by atoms with van der Waals surface area (Å²) in [6.45, 7) is 6.72. The van der Waals surface area contributed by atoms with Crippen molar-refractivity contribution >= 4 is 27.5 Å². The van der Waals surface area contributed by atoms with E-state index >= 15 is 0 Å². The number of benzene rings is 1. The zero-order valence-corrected chi connectivity index (χ0v) is 12.2. The van der Waals surface area contributed by atoms with Crippen molar-refractivity contribution in [3.8, 4) is 0 Å². The van der Waals surface area contributed by atoms with Gasteiger partial charge in [0.15, 0.2) is 5.84 Å². The maximum Gasteiger partial charge on any atom is 0.171 e. The Morgan fingerprint density at radius 3 is 2.50 bits per heavy atom. The predicted octanol–water partition coefficient (Wildman–Crippen LogP) is 2.64. The largest absolute Gasteiger partial charge is 0.409 e. The maximum atomic E-state index is 8.69. The first-order valence-corrected chi connectivity index (χ1v) is 6.84. The van der Waals surface area contributed by atoms with Gasteiger partial charge in [0.05, 0.1) is 0 Å². The van der Waals surface area contributed by atoms with E-state index in [0.717, 1.165) is 17.6 Å². The van der Waals surface area contributed by atoms with Crippen LogP contribution in [-0.4, -0.2) is 24.1 Å². The number of amidine groups is 1. The molecule has 4 nitrogen and oxygen atoms in total. The summed E-state index contributed by atoms with van der Waals surface area (Å²) in [4.78, 5) is 2.37. The lowest BCUT2D eigenvalue weighted by Crippen LogP contribution is -2.20. The highest BCUT2D eigenvalue weighted by Gasteiger charge is 2.26. The van der Waals surface area contributed by atoms with Crippen LogP contribution in [0.2, 0.25) is 0 Å². The minimum atomic E-state index is 0.122. The van der Waals surface area contributed by atoms with Crippen LogP contribution in [-0.2, 0) is 0 Å². The molecule has 1 aliphatic heterocycles. The summed E-state index contributed by atoms with van der Waals surface area (Å²) in [5.74, 6) is 1.55. The average Bonchev–Trinajstić information content (AvgIpc) is 2.68. The summed E-state index contributed by atoms with van der Waals surface area (Å²) in [7, 11) is 0. The Labute approximate surface area is 116 Å². The summed E-state index contributed by atoms with van der Waals surface area (Å²) in [5.41, 5.74) is 7.48. The minimum absolute atomic E-state index is 0.122. The first kappa shape index (κ1) is 13.2. The number of oxime groups is 1. The van der Waals surface area contributed by atoms with Gasteiger partial charge in [-0.2, -0.15) is 0 Å². The molecule has 1 aromatic carbocycles. The third kappa shape index (κ3) is 2.46. The Hall–Kier alpha value is -1.23. The third-order valence-corrected chi connectivity index (χ3v) is 4.35. The molecule has 0 spiro atoms. The minimum Gasteiger partial charge on any atom is -0.409 e. The van der Waals surface area contributed by atoms with E-state index in [4.69, 9.17) is 10.9 Å². The second-order valence-corrected chi connectivity index (χ2v) is 5.86. The van der Waals surface area contributed by atoms with Crippen molar-refractivity contribution in [1.82, 2.24) is 0 Å². The molecule has 0 amide bonds. The smallest absolute Gasteiger partial charge is 0.171 e. The van der Waals surface area contributed by atoms with Crippen LogP contribution < -0.4 is 10.6 Å². The van der Waals surface area contributed by atoms with Gasteiger partial charge in [-0.1, -0.05) is 19.0 Å². The van der Waals surface area contributed by atoms with Crippen molar-refractivity contribution in [1.29, 1.82) is 0 Å². The lowest BCUT2D eigenvalue weighted by atomic mass is 10.0. The lowest BCUT2D eigenvalue weighted by molar-refractivity contribution is 0.318. The summed E-state index contributed by atoms with van der Waals surface area (Å²) in [6, 6.07) is 5.92. The van der Waals surface area contributed by atoms with E-state index in [9.17, 15) is 0 Å². The molecule has 0 saturated carbocycles. The highest BCUT2D eigenvalue weighted by molar-refractivity contribution is 9.10. The Bertz CT molecular complexity index is 465. The Morgan fingerprint density at radius 2 is 2.00 bits per heavy atom. The second kappa shape index (κ2) is 5.18. The normalized spacial score (nSPS) is 24.6. The number of halogens is 1. The lowest BCUT2D eigenvalue weighted by Gasteiger charge is -2.19. The van der Waals surface area contributed by atoms with E-state index < -0.39 is 0 Å². The molecule has 1 saturated heterocycles. The summed E-state index contributed by atoms with van der Waals surface area (Å²) in [5, 5.41) is 11.7. The fourth-order valence-electron chi connectivity index (χ4n) is 2.30. The van der Waals surface area contributed by atoms with E-state index in [1.54, 1.807) is 0 Å². The van der Waals surface area contributed by atoms with Crippen molar-refractivity contribution in [3.05, 3.63) is 28.2 Å². The van der Waals surface area contributed by atoms with E-state index in [1.165, 1.54) is 5.69 Å². The Kier molecular flexibility index (Phi) is 3.80. The number of anilines is 1. The van der Waals surface area contributed by atoms with E-state index in [-0.39, 0.29) is 5.84 Å². The molecule has 1 aliphatic rings. The molecule has 1 heterocycles. The molecule has 0 bridgehead atoms. The highest BCUT2D eigenvalue weighted by Crippen LogP contribution is 2.30. The summed E-state index contributed by atoms with van der Waals surface area (Å²) in [6.07, 6.45) is 0. The molecule has 5 heteroatoms. The van der Waals surface area contributed by atoms with Gasteiger partial charge in [0.1, 0.15) is 0 Å². The van der Waals surface area contributed by atoms with Gasteiger partial charge in [0, 0.05) is 28.8 Å². The molecule has 0 aliphatic carbocycles. The molecule has 98 valence electrons. The molecule has 2 unspecified atom stereocenters. The van der Waals surface area contributed by atoms with Crippen LogP contribution in [0.5, 0.6) is 0 Å². The number of hydrogen-bond acceptors (Lipinski definition) is 3. The number of nitrogens with two attached hydrogens (primary N) is 1. The Morgan fingerprint density at radius 1 is 1.39 bits per heavy atom. The van der Waals surface area contributed by atoms with Crippen LogP contribution in [0.3, 0.4) is 0 Å². The number of hydrogen-bond donors (Lipinski definition) is 2. The molecule has 3 N–H and O–H groups in total. The van der Waals surface area contributed by atoms with Gasteiger partial charge in [-0.15, -0.1) is 0 Å². The van der Waals surface area contributed by atoms with Gasteiger partial charge in [0.2, 0.25) is 0 Å². The Balaban J connectivity index is 2.25. The van der Waals surface area contributed by atoms with E-state index in [0.29, 0.717) is 17.4 Å². The van der Waals surface area contributed by atoms with Gasteiger partial charge >= 0.3 is 0 Å². The number of nitrogens with zero attached hydrogens (tertiary/aromatic N) is 2. The highest BCUT2D eigenvalue weighted by atomic mass is 79.9. The standard InChI is InChI=1S/C13H18BrN3O/c1-8-6-17(7-9(8)2)10-3-4-11(12(14)5-10)13(15)16-18/h3-5,8-9,18H,6-7H2,1-2H3,(H2,15,16). The topological polar surface area (TPSA) is 61.8 Å². The van der Waals surface area contributed by atoms with E-state index in [2.05, 4.69) is 39.8 Å². The fourth-order valence-corrected chi connectivity index (χ4v) is 2.87. The van der Waals surface area contributed by atoms with Crippen LogP contribution in [0.15, 0.2) is 27.8 Å². The molecule has 1 aromatic rings. The molecule has 0 radical (unpaired) electrons. The predicted molar refractivity (Wildman–Crippen MR) is 77.2 cm³/mol. The molecule has 1 fully saturated rings. The summed E-state index contributed by atoms with van der Waals surface area (Å²) >= 11 is 3.47. The molecule has 2 atom stereocenters. The number of rotatable bonds is 2. The van der Waals surface area contributed by atoms with Crippen molar-refractivity contribution in [2.45, 2.75) is 13.8 Å². The van der Waals surface area contributed by atoms with Gasteiger partial charge < -0.3 is 15.8 Å². The van der Waals surface area contributed by atoms with Crippen LogP contribution in [0.4, 0.5) is 5.69 Å². The SMILES string of the molecule is CC1CN(c2ccc(/C(N)=N/O)c(Br)c2)CC1C. The quantitative estimate of drug-likeness (QED) is 0.382. The maximum absolute atomic E-state index is 8.69. The van der Waals surface area contributed by atoms with Crippen molar-refractivity contribution < 1.29 is 5.21 Å². The third-order valence-electron chi connectivity index (χ3n) is 3.69. The monoisotopic (exact) mass is 311 g/mol. The molecule has 2 rings (SSSR count). The van der Waals surface area contributed by atoms with E-state index in [1.807, 2.05) is 18.2 Å². The zero-order chi connectivity index (χ0) is 13.3. The van der Waals surface area contributed by atoms with Gasteiger partial charge in [-0.3, -0.25) is 0 Å². The molecule has 0 aromatic heterocycles. The zero-order valence-electron chi connectivity index (χ0n) is 10.6. The van der Waals surface area contributed by atoms with Crippen molar-refractivity contribution in [2.75, 3.05) is 18.0 Å². The molecule has 18 heavy (non-hydrogen) atoms. The van der Waals surface area contributed by atoms with Crippen LogP contribution in [0.25, 0.3) is 0 Å². The van der Waals surface area contributed by atoms with Crippen LogP contribution in [0.1, 0.15) is 19.4 Å². The van der Waals surface area contributed by atoms with Gasteiger partial charge in [-0.05, 0) is 46.0 Å². The van der Waals surface area contributed by atoms with Crippen molar-refractivity contribution in [3.63, 3.8) is 0 Å². The first-order chi connectivity index (χ1) is 8.52. The average molecular weight is 312 g/mol. The van der Waals surface area contributed by atoms with Crippen LogP contribution >= 0.6 is 15.9 Å².